The van der Waals surface area contributed by atoms with Crippen molar-refractivity contribution in [3.05, 3.63) is 65.0 Å². The monoisotopic (exact) mass is 406 g/mol. The number of benzene rings is 2. The number of fused-ring (bicyclic) bond motifs is 1. The summed E-state index contributed by atoms with van der Waals surface area (Å²) in [5.74, 6) is -3.09. The highest BCUT2D eigenvalue weighted by molar-refractivity contribution is 7.89. The molecule has 8 nitrogen and oxygen atoms in total. The van der Waals surface area contributed by atoms with Crippen LogP contribution in [0, 0.1) is 5.82 Å². The number of carbonyl (C=O) groups is 3. The van der Waals surface area contributed by atoms with Crippen molar-refractivity contribution in [3.8, 4) is 0 Å². The van der Waals surface area contributed by atoms with Crippen LogP contribution in [0.4, 0.5) is 4.39 Å². The quantitative estimate of drug-likeness (QED) is 0.570. The van der Waals surface area contributed by atoms with Gasteiger partial charge in [0.05, 0.1) is 28.1 Å². The molecule has 146 valence electrons. The predicted octanol–water partition coefficient (Wildman–Crippen LogP) is 1.19. The number of sulfonamides is 1. The lowest BCUT2D eigenvalue weighted by Gasteiger charge is -2.14. The Balaban J connectivity index is 1.68. The number of esters is 1. The van der Waals surface area contributed by atoms with Crippen LogP contribution in [-0.4, -0.2) is 51.3 Å². The fourth-order valence-corrected chi connectivity index (χ4v) is 3.45. The molecular formula is C18H15FN2O6S. The van der Waals surface area contributed by atoms with Gasteiger partial charge in [-0.05, 0) is 37.4 Å². The molecule has 0 aliphatic carbocycles. The highest BCUT2D eigenvalue weighted by atomic mass is 32.2. The normalized spacial score (nSPS) is 13.6. The SMILES string of the molecule is CNS(=O)(=O)c1ccc(F)c(C(=O)OCCN2C(=O)c3ccccc3C2=O)c1. The van der Waals surface area contributed by atoms with E-state index in [1.54, 1.807) is 12.1 Å². The molecule has 0 radical (unpaired) electrons. The summed E-state index contributed by atoms with van der Waals surface area (Å²) in [6.07, 6.45) is 0. The Bertz CT molecular complexity index is 1050. The minimum Gasteiger partial charge on any atom is -0.460 e. The summed E-state index contributed by atoms with van der Waals surface area (Å²) in [5.41, 5.74) is -0.0524. The lowest BCUT2D eigenvalue weighted by Crippen LogP contribution is -2.33. The van der Waals surface area contributed by atoms with Gasteiger partial charge in [-0.25, -0.2) is 22.3 Å². The Kier molecular flexibility index (Phi) is 5.25. The number of halogens is 1. The minimum absolute atomic E-state index is 0.214. The first-order valence-corrected chi connectivity index (χ1v) is 9.60. The topological polar surface area (TPSA) is 110 Å². The number of carbonyl (C=O) groups excluding carboxylic acids is 3. The van der Waals surface area contributed by atoms with Crippen molar-refractivity contribution in [3.63, 3.8) is 0 Å². The summed E-state index contributed by atoms with van der Waals surface area (Å²) < 4.78 is 44.5. The average molecular weight is 406 g/mol. The molecule has 1 aliphatic rings. The third kappa shape index (κ3) is 3.51. The molecule has 0 fully saturated rings. The van der Waals surface area contributed by atoms with E-state index in [1.807, 2.05) is 0 Å². The molecule has 28 heavy (non-hydrogen) atoms. The maximum atomic E-state index is 13.9. The summed E-state index contributed by atoms with van der Waals surface area (Å²) in [6.45, 7) is -0.582. The minimum atomic E-state index is -3.87. The molecule has 2 aromatic carbocycles. The second-order valence-corrected chi connectivity index (χ2v) is 7.68. The first-order valence-electron chi connectivity index (χ1n) is 8.11. The van der Waals surface area contributed by atoms with Crippen molar-refractivity contribution in [2.45, 2.75) is 4.90 Å². The fraction of sp³-hybridized carbons (Fsp3) is 0.167. The van der Waals surface area contributed by atoms with Gasteiger partial charge in [0, 0.05) is 0 Å². The number of imide groups is 1. The van der Waals surface area contributed by atoms with Crippen LogP contribution in [0.15, 0.2) is 47.4 Å². The molecule has 0 spiro atoms. The van der Waals surface area contributed by atoms with Crippen LogP contribution < -0.4 is 4.72 Å². The average Bonchev–Trinajstić information content (AvgIpc) is 2.93. The van der Waals surface area contributed by atoms with E-state index in [0.717, 1.165) is 23.1 Å². The number of nitrogens with one attached hydrogen (secondary N) is 1. The number of amides is 2. The Morgan fingerprint density at radius 3 is 2.29 bits per heavy atom. The van der Waals surface area contributed by atoms with Gasteiger partial charge in [-0.15, -0.1) is 0 Å². The molecule has 0 atom stereocenters. The first kappa shape index (κ1) is 19.6. The summed E-state index contributed by atoms with van der Waals surface area (Å²) >= 11 is 0. The molecule has 1 heterocycles. The van der Waals surface area contributed by atoms with Gasteiger partial charge in [0.2, 0.25) is 10.0 Å². The second-order valence-electron chi connectivity index (χ2n) is 5.79. The van der Waals surface area contributed by atoms with Crippen LogP contribution in [-0.2, 0) is 14.8 Å². The molecule has 0 bridgehead atoms. The third-order valence-electron chi connectivity index (χ3n) is 4.16. The van der Waals surface area contributed by atoms with Crippen LogP contribution >= 0.6 is 0 Å². The maximum Gasteiger partial charge on any atom is 0.341 e. The van der Waals surface area contributed by atoms with Crippen LogP contribution in [0.3, 0.4) is 0 Å². The van der Waals surface area contributed by atoms with Gasteiger partial charge in [-0.3, -0.25) is 14.5 Å². The van der Waals surface area contributed by atoms with E-state index in [9.17, 15) is 27.2 Å². The maximum absolute atomic E-state index is 13.9. The largest absolute Gasteiger partial charge is 0.460 e. The van der Waals surface area contributed by atoms with Gasteiger partial charge in [-0.2, -0.15) is 0 Å². The van der Waals surface area contributed by atoms with Crippen LogP contribution in [0.2, 0.25) is 0 Å². The van der Waals surface area contributed by atoms with Crippen LogP contribution in [0.5, 0.6) is 0 Å². The van der Waals surface area contributed by atoms with Crippen molar-refractivity contribution in [1.29, 1.82) is 0 Å². The molecule has 1 aliphatic heterocycles. The van der Waals surface area contributed by atoms with E-state index in [2.05, 4.69) is 4.72 Å². The summed E-state index contributed by atoms with van der Waals surface area (Å²) in [5, 5.41) is 0. The standard InChI is InChI=1S/C18H15FN2O6S/c1-20-28(25,26)11-6-7-15(19)14(10-11)18(24)27-9-8-21-16(22)12-4-2-3-5-13(12)17(21)23/h2-7,10,20H,8-9H2,1H3. The zero-order valence-corrected chi connectivity index (χ0v) is 15.5. The fourth-order valence-electron chi connectivity index (χ4n) is 2.70. The Morgan fingerprint density at radius 1 is 1.11 bits per heavy atom. The molecule has 2 amide bonds. The Labute approximate surface area is 160 Å². The first-order chi connectivity index (χ1) is 13.3. The molecule has 0 aromatic heterocycles. The van der Waals surface area contributed by atoms with Gasteiger partial charge in [0.1, 0.15) is 12.4 Å². The molecule has 0 saturated carbocycles. The van der Waals surface area contributed by atoms with E-state index < -0.39 is 39.2 Å². The summed E-state index contributed by atoms with van der Waals surface area (Å²) in [4.78, 5) is 37.2. The van der Waals surface area contributed by atoms with E-state index in [4.69, 9.17) is 4.74 Å². The summed E-state index contributed by atoms with van der Waals surface area (Å²) in [6, 6.07) is 8.99. The molecular weight excluding hydrogens is 391 g/mol. The van der Waals surface area contributed by atoms with Crippen molar-refractivity contribution in [2.24, 2.45) is 0 Å². The van der Waals surface area contributed by atoms with Crippen molar-refractivity contribution < 1.29 is 31.9 Å². The zero-order chi connectivity index (χ0) is 20.5. The summed E-state index contributed by atoms with van der Waals surface area (Å²) in [7, 11) is -2.69. The highest BCUT2D eigenvalue weighted by Crippen LogP contribution is 2.22. The molecule has 2 aromatic rings. The van der Waals surface area contributed by atoms with Crippen LogP contribution in [0.1, 0.15) is 31.1 Å². The number of rotatable bonds is 6. The van der Waals surface area contributed by atoms with Crippen molar-refractivity contribution >= 4 is 27.8 Å². The molecule has 10 heteroatoms. The van der Waals surface area contributed by atoms with E-state index in [-0.39, 0.29) is 29.2 Å². The molecule has 0 saturated heterocycles. The predicted molar refractivity (Wildman–Crippen MR) is 94.7 cm³/mol. The number of ether oxygens (including phenoxy) is 1. The molecule has 0 unspecified atom stereocenters. The third-order valence-corrected chi connectivity index (χ3v) is 5.57. The van der Waals surface area contributed by atoms with Gasteiger partial charge >= 0.3 is 5.97 Å². The van der Waals surface area contributed by atoms with Crippen LogP contribution in [0.25, 0.3) is 0 Å². The number of hydrogen-bond donors (Lipinski definition) is 1. The lowest BCUT2D eigenvalue weighted by atomic mass is 10.1. The van der Waals surface area contributed by atoms with Crippen molar-refractivity contribution in [2.75, 3.05) is 20.2 Å². The molecule has 1 N–H and O–H groups in total. The van der Waals surface area contributed by atoms with E-state index >= 15 is 0 Å². The smallest absolute Gasteiger partial charge is 0.341 e. The van der Waals surface area contributed by atoms with Gasteiger partial charge in [0.25, 0.3) is 11.8 Å². The highest BCUT2D eigenvalue weighted by Gasteiger charge is 2.35. The second kappa shape index (κ2) is 7.49. The van der Waals surface area contributed by atoms with Gasteiger partial charge in [0.15, 0.2) is 0 Å². The molecule has 3 rings (SSSR count). The van der Waals surface area contributed by atoms with E-state index in [1.165, 1.54) is 19.2 Å². The Hall–Kier alpha value is -3.11. The van der Waals surface area contributed by atoms with Crippen molar-refractivity contribution in [1.82, 2.24) is 9.62 Å². The lowest BCUT2D eigenvalue weighted by molar-refractivity contribution is 0.0416. The number of hydrogen-bond acceptors (Lipinski definition) is 6. The van der Waals surface area contributed by atoms with Gasteiger partial charge < -0.3 is 4.74 Å². The number of nitrogens with zero attached hydrogens (tertiary/aromatic N) is 1. The zero-order valence-electron chi connectivity index (χ0n) is 14.6. The Morgan fingerprint density at radius 2 is 1.71 bits per heavy atom. The van der Waals surface area contributed by atoms with Gasteiger partial charge in [-0.1, -0.05) is 12.1 Å². The van der Waals surface area contributed by atoms with E-state index in [0.29, 0.717) is 0 Å².